The highest BCUT2D eigenvalue weighted by atomic mass is 32.2. The van der Waals surface area contributed by atoms with Crippen LogP contribution in [0.2, 0.25) is 0 Å². The summed E-state index contributed by atoms with van der Waals surface area (Å²) in [6.07, 6.45) is 1.30. The van der Waals surface area contributed by atoms with Crippen LogP contribution in [0.3, 0.4) is 0 Å². The van der Waals surface area contributed by atoms with Crippen molar-refractivity contribution in [3.05, 3.63) is 30.1 Å². The van der Waals surface area contributed by atoms with Gasteiger partial charge >= 0.3 is 0 Å². The number of fused-ring (bicyclic) bond motifs is 1. The van der Waals surface area contributed by atoms with Crippen LogP contribution in [0.25, 0.3) is 0 Å². The lowest BCUT2D eigenvalue weighted by Gasteiger charge is -2.32. The highest BCUT2D eigenvalue weighted by Gasteiger charge is 2.53. The number of likely N-dealkylation sites (N-methyl/N-ethyl adjacent to an activating group) is 1. The number of carbonyl (C=O) groups is 2. The second kappa shape index (κ2) is 5.57. The lowest BCUT2D eigenvalue weighted by atomic mass is 10.2. The molecule has 0 aromatic heterocycles. The lowest BCUT2D eigenvalue weighted by molar-refractivity contribution is -0.136. The van der Waals surface area contributed by atoms with E-state index in [0.717, 1.165) is 6.42 Å². The average Bonchev–Trinajstić information content (AvgIpc) is 2.99. The maximum atomic E-state index is 13.1. The van der Waals surface area contributed by atoms with Gasteiger partial charge in [0.25, 0.3) is 5.91 Å². The van der Waals surface area contributed by atoms with Gasteiger partial charge in [-0.3, -0.25) is 9.59 Å². The first kappa shape index (κ1) is 15.3. The Balaban J connectivity index is 1.86. The van der Waals surface area contributed by atoms with Crippen LogP contribution in [0, 0.1) is 5.82 Å². The molecule has 3 rings (SSSR count). The highest BCUT2D eigenvalue weighted by molar-refractivity contribution is 8.01. The number of hydrogen-bond donors (Lipinski definition) is 0. The second-order valence-electron chi connectivity index (χ2n) is 5.82. The summed E-state index contributed by atoms with van der Waals surface area (Å²) < 4.78 is 13.1. The minimum absolute atomic E-state index is 0.0565. The van der Waals surface area contributed by atoms with Gasteiger partial charge in [-0.1, -0.05) is 0 Å². The quantitative estimate of drug-likeness (QED) is 0.859. The van der Waals surface area contributed by atoms with E-state index in [-0.39, 0.29) is 22.5 Å². The Morgan fingerprint density at radius 1 is 1.45 bits per heavy atom. The molecule has 2 fully saturated rings. The van der Waals surface area contributed by atoms with Crippen molar-refractivity contribution in [2.75, 3.05) is 17.2 Å². The summed E-state index contributed by atoms with van der Waals surface area (Å²) in [4.78, 5) is 28.2. The molecule has 118 valence electrons. The molecule has 0 radical (unpaired) electrons. The van der Waals surface area contributed by atoms with Crippen molar-refractivity contribution in [1.29, 1.82) is 0 Å². The Hall–Kier alpha value is -1.56. The first-order valence-corrected chi connectivity index (χ1v) is 8.48. The van der Waals surface area contributed by atoms with Crippen molar-refractivity contribution in [3.63, 3.8) is 0 Å². The first-order valence-electron chi connectivity index (χ1n) is 7.49. The van der Waals surface area contributed by atoms with Gasteiger partial charge in [-0.25, -0.2) is 4.39 Å². The van der Waals surface area contributed by atoms with E-state index in [1.165, 1.54) is 12.1 Å². The SMILES string of the molecule is CCN(C(=O)C1CSC2(C)CCC(=O)N12)c1ccc(F)cc1. The van der Waals surface area contributed by atoms with Gasteiger partial charge in [0, 0.05) is 24.4 Å². The molecule has 22 heavy (non-hydrogen) atoms. The molecule has 2 heterocycles. The number of amides is 2. The summed E-state index contributed by atoms with van der Waals surface area (Å²) in [5.74, 6) is 0.270. The topological polar surface area (TPSA) is 40.6 Å². The Morgan fingerprint density at radius 2 is 2.14 bits per heavy atom. The number of rotatable bonds is 3. The molecule has 1 aromatic carbocycles. The maximum absolute atomic E-state index is 13.1. The van der Waals surface area contributed by atoms with Gasteiger partial charge in [0.2, 0.25) is 5.91 Å². The molecule has 0 saturated carbocycles. The van der Waals surface area contributed by atoms with Gasteiger partial charge in [0.1, 0.15) is 11.9 Å². The van der Waals surface area contributed by atoms with Crippen LogP contribution in [-0.2, 0) is 9.59 Å². The molecule has 2 aliphatic rings. The van der Waals surface area contributed by atoms with E-state index in [0.29, 0.717) is 24.4 Å². The van der Waals surface area contributed by atoms with Crippen molar-refractivity contribution in [2.24, 2.45) is 0 Å². The molecule has 0 bridgehead atoms. The molecule has 2 aliphatic heterocycles. The molecule has 2 amide bonds. The number of carbonyl (C=O) groups excluding carboxylic acids is 2. The van der Waals surface area contributed by atoms with Crippen molar-refractivity contribution >= 4 is 29.3 Å². The molecule has 2 atom stereocenters. The Bertz CT molecular complexity index is 607. The van der Waals surface area contributed by atoms with Crippen LogP contribution in [0.1, 0.15) is 26.7 Å². The molecule has 4 nitrogen and oxygen atoms in total. The molecule has 6 heteroatoms. The number of anilines is 1. The van der Waals surface area contributed by atoms with Crippen molar-refractivity contribution in [1.82, 2.24) is 4.90 Å². The molecular weight excluding hydrogens is 303 g/mol. The fourth-order valence-electron chi connectivity index (χ4n) is 3.27. The summed E-state index contributed by atoms with van der Waals surface area (Å²) in [5.41, 5.74) is 0.666. The van der Waals surface area contributed by atoms with Crippen molar-refractivity contribution in [2.45, 2.75) is 37.6 Å². The lowest BCUT2D eigenvalue weighted by Crippen LogP contribution is -2.51. The third-order valence-electron chi connectivity index (χ3n) is 4.45. The minimum Gasteiger partial charge on any atom is -0.315 e. The largest absolute Gasteiger partial charge is 0.315 e. The highest BCUT2D eigenvalue weighted by Crippen LogP contribution is 2.47. The molecule has 2 unspecified atom stereocenters. The van der Waals surface area contributed by atoms with Crippen molar-refractivity contribution in [3.8, 4) is 0 Å². The third-order valence-corrected chi connectivity index (χ3v) is 5.96. The van der Waals surface area contributed by atoms with Crippen molar-refractivity contribution < 1.29 is 14.0 Å². The number of nitrogens with zero attached hydrogens (tertiary/aromatic N) is 2. The summed E-state index contributed by atoms with van der Waals surface area (Å²) in [5, 5.41) is 0. The van der Waals surface area contributed by atoms with Gasteiger partial charge in [-0.15, -0.1) is 11.8 Å². The Kier molecular flexibility index (Phi) is 3.89. The summed E-state index contributed by atoms with van der Waals surface area (Å²) in [7, 11) is 0. The van der Waals surface area contributed by atoms with E-state index in [1.807, 2.05) is 13.8 Å². The average molecular weight is 322 g/mol. The molecule has 0 N–H and O–H groups in total. The minimum atomic E-state index is -0.421. The van der Waals surface area contributed by atoms with E-state index in [9.17, 15) is 14.0 Å². The second-order valence-corrected chi connectivity index (χ2v) is 7.33. The standard InChI is InChI=1S/C16H19FN2O2S/c1-3-18(12-6-4-11(17)5-7-12)15(21)13-10-22-16(2)9-8-14(20)19(13)16/h4-7,13H,3,8-10H2,1-2H3. The predicted octanol–water partition coefficient (Wildman–Crippen LogP) is 2.63. The van der Waals surface area contributed by atoms with Crippen LogP contribution in [0.15, 0.2) is 24.3 Å². The first-order chi connectivity index (χ1) is 10.5. The van der Waals surface area contributed by atoms with Gasteiger partial charge in [-0.05, 0) is 44.5 Å². The molecular formula is C16H19FN2O2S. The zero-order valence-corrected chi connectivity index (χ0v) is 13.5. The summed E-state index contributed by atoms with van der Waals surface area (Å²) >= 11 is 1.68. The molecule has 2 saturated heterocycles. The molecule has 0 aliphatic carbocycles. The Morgan fingerprint density at radius 3 is 2.77 bits per heavy atom. The molecule has 1 aromatic rings. The monoisotopic (exact) mass is 322 g/mol. The van der Waals surface area contributed by atoms with Crippen LogP contribution >= 0.6 is 11.8 Å². The number of thioether (sulfide) groups is 1. The molecule has 0 spiro atoms. The number of halogens is 1. The Labute approximate surface area is 133 Å². The number of hydrogen-bond acceptors (Lipinski definition) is 3. The van der Waals surface area contributed by atoms with Gasteiger partial charge in [0.15, 0.2) is 0 Å². The fraction of sp³-hybridized carbons (Fsp3) is 0.500. The van der Waals surface area contributed by atoms with Crippen LogP contribution in [0.4, 0.5) is 10.1 Å². The smallest absolute Gasteiger partial charge is 0.250 e. The van der Waals surface area contributed by atoms with Gasteiger partial charge in [-0.2, -0.15) is 0 Å². The fourth-order valence-corrected chi connectivity index (χ4v) is 4.69. The van der Waals surface area contributed by atoms with E-state index >= 15 is 0 Å². The maximum Gasteiger partial charge on any atom is 0.250 e. The summed E-state index contributed by atoms with van der Waals surface area (Å²) in [6, 6.07) is 5.47. The van der Waals surface area contributed by atoms with E-state index in [2.05, 4.69) is 0 Å². The zero-order valence-electron chi connectivity index (χ0n) is 12.7. The number of benzene rings is 1. The van der Waals surface area contributed by atoms with Crippen LogP contribution in [0.5, 0.6) is 0 Å². The van der Waals surface area contributed by atoms with Gasteiger partial charge in [0.05, 0.1) is 4.87 Å². The van der Waals surface area contributed by atoms with E-state index in [1.54, 1.807) is 33.7 Å². The third kappa shape index (κ3) is 2.39. The van der Waals surface area contributed by atoms with E-state index < -0.39 is 6.04 Å². The van der Waals surface area contributed by atoms with E-state index in [4.69, 9.17) is 0 Å². The predicted molar refractivity (Wildman–Crippen MR) is 85.2 cm³/mol. The van der Waals surface area contributed by atoms with Crippen LogP contribution < -0.4 is 4.90 Å². The van der Waals surface area contributed by atoms with Crippen LogP contribution in [-0.4, -0.2) is 39.9 Å². The summed E-state index contributed by atoms with van der Waals surface area (Å²) in [6.45, 7) is 4.41. The van der Waals surface area contributed by atoms with Gasteiger partial charge < -0.3 is 9.80 Å². The normalized spacial score (nSPS) is 27.1. The zero-order chi connectivity index (χ0) is 15.9.